The van der Waals surface area contributed by atoms with Gasteiger partial charge in [-0.05, 0) is 42.8 Å². The first-order valence-electron chi connectivity index (χ1n) is 8.60. The van der Waals surface area contributed by atoms with Gasteiger partial charge in [0.1, 0.15) is 5.82 Å². The second-order valence-corrected chi connectivity index (χ2v) is 6.22. The van der Waals surface area contributed by atoms with Gasteiger partial charge in [-0.15, -0.1) is 24.8 Å². The summed E-state index contributed by atoms with van der Waals surface area (Å²) in [6, 6.07) is 26.4. The Labute approximate surface area is 177 Å². The molecule has 0 aliphatic heterocycles. The zero-order valence-corrected chi connectivity index (χ0v) is 17.3. The number of rotatable bonds is 4. The number of para-hydroxylation sites is 3. The normalized spacial score (nSPS) is 9.93. The number of hydrogen-bond acceptors (Lipinski definition) is 4. The van der Waals surface area contributed by atoms with Crippen LogP contribution in [0.2, 0.25) is 0 Å². The number of aryl methyl sites for hydroxylation is 1. The molecule has 1 aromatic heterocycles. The fraction of sp³-hybridized carbons (Fsp3) is 0.0909. The molecule has 1 N–H and O–H groups in total. The molecule has 4 aromatic rings. The second-order valence-electron chi connectivity index (χ2n) is 6.22. The molecule has 1 heterocycles. The Morgan fingerprint density at radius 1 is 0.750 bits per heavy atom. The van der Waals surface area contributed by atoms with E-state index in [0.29, 0.717) is 5.95 Å². The Morgan fingerprint density at radius 2 is 1.39 bits per heavy atom. The lowest BCUT2D eigenvalue weighted by Crippen LogP contribution is -2.13. The van der Waals surface area contributed by atoms with Crippen LogP contribution in [0.25, 0.3) is 10.9 Å². The fourth-order valence-corrected chi connectivity index (χ4v) is 2.98. The molecular weight excluding hydrogens is 391 g/mol. The third-order valence-corrected chi connectivity index (χ3v) is 4.44. The van der Waals surface area contributed by atoms with E-state index in [0.717, 1.165) is 33.7 Å². The largest absolute Gasteiger partial charge is 0.329 e. The maximum Gasteiger partial charge on any atom is 0.229 e. The summed E-state index contributed by atoms with van der Waals surface area (Å²) < 4.78 is 0. The summed E-state index contributed by atoms with van der Waals surface area (Å²) in [5.41, 5.74) is 4.16. The minimum absolute atomic E-state index is 0. The van der Waals surface area contributed by atoms with Crippen LogP contribution in [0.3, 0.4) is 0 Å². The van der Waals surface area contributed by atoms with Gasteiger partial charge in [-0.1, -0.05) is 48.5 Å². The van der Waals surface area contributed by atoms with Gasteiger partial charge in [-0.2, -0.15) is 4.98 Å². The molecule has 0 fully saturated rings. The molecule has 0 atom stereocenters. The number of anilines is 4. The van der Waals surface area contributed by atoms with Crippen molar-refractivity contribution >= 4 is 58.9 Å². The van der Waals surface area contributed by atoms with Crippen molar-refractivity contribution < 1.29 is 0 Å². The smallest absolute Gasteiger partial charge is 0.229 e. The molecule has 28 heavy (non-hydrogen) atoms. The van der Waals surface area contributed by atoms with E-state index in [1.165, 1.54) is 0 Å². The summed E-state index contributed by atoms with van der Waals surface area (Å²) in [6.07, 6.45) is 0. The van der Waals surface area contributed by atoms with Crippen LogP contribution in [0.5, 0.6) is 0 Å². The van der Waals surface area contributed by atoms with Gasteiger partial charge >= 0.3 is 0 Å². The molecule has 4 nitrogen and oxygen atoms in total. The maximum atomic E-state index is 4.82. The van der Waals surface area contributed by atoms with Crippen molar-refractivity contribution in [2.45, 2.75) is 6.92 Å². The van der Waals surface area contributed by atoms with Crippen LogP contribution in [0.15, 0.2) is 78.9 Å². The minimum Gasteiger partial charge on any atom is -0.329 e. The van der Waals surface area contributed by atoms with E-state index in [-0.39, 0.29) is 24.8 Å². The standard InChI is InChI=1S/C22H20N4.2ClH/c1-16-10-6-8-14-19(16)23-22-24-20-15-9-7-13-18(20)21(25-22)26(2)17-11-4-3-5-12-17;;/h3-15H,1-2H3,(H,23,24,25);2*1H. The number of hydrogen-bond donors (Lipinski definition) is 1. The van der Waals surface area contributed by atoms with Crippen molar-refractivity contribution in [3.05, 3.63) is 84.4 Å². The Kier molecular flexibility index (Phi) is 7.21. The molecular formula is C22H22Cl2N4. The molecule has 0 aliphatic rings. The van der Waals surface area contributed by atoms with E-state index in [1.807, 2.05) is 61.6 Å². The molecule has 0 amide bonds. The lowest BCUT2D eigenvalue weighted by atomic mass is 10.2. The summed E-state index contributed by atoms with van der Waals surface area (Å²) in [6.45, 7) is 2.07. The number of nitrogens with one attached hydrogen (secondary N) is 1. The highest BCUT2D eigenvalue weighted by atomic mass is 35.5. The fourth-order valence-electron chi connectivity index (χ4n) is 2.98. The lowest BCUT2D eigenvalue weighted by Gasteiger charge is -2.21. The van der Waals surface area contributed by atoms with Gasteiger partial charge in [0, 0.05) is 23.8 Å². The zero-order valence-electron chi connectivity index (χ0n) is 15.7. The Morgan fingerprint density at radius 3 is 2.14 bits per heavy atom. The average Bonchev–Trinajstić information content (AvgIpc) is 2.69. The number of fused-ring (bicyclic) bond motifs is 1. The first kappa shape index (κ1) is 21.5. The van der Waals surface area contributed by atoms with Crippen molar-refractivity contribution in [3.8, 4) is 0 Å². The van der Waals surface area contributed by atoms with Crippen LogP contribution in [0.4, 0.5) is 23.1 Å². The minimum atomic E-state index is 0. The maximum absolute atomic E-state index is 4.82. The molecule has 0 bridgehead atoms. The van der Waals surface area contributed by atoms with Crippen molar-refractivity contribution in [2.24, 2.45) is 0 Å². The first-order chi connectivity index (χ1) is 12.7. The number of halogens is 2. The molecule has 0 radical (unpaired) electrons. The summed E-state index contributed by atoms with van der Waals surface area (Å²) in [5.74, 6) is 1.47. The second kappa shape index (κ2) is 9.40. The highest BCUT2D eigenvalue weighted by Gasteiger charge is 2.13. The van der Waals surface area contributed by atoms with Crippen molar-refractivity contribution in [2.75, 3.05) is 17.3 Å². The molecule has 6 heteroatoms. The molecule has 0 saturated heterocycles. The van der Waals surface area contributed by atoms with Crippen LogP contribution in [0, 0.1) is 6.92 Å². The van der Waals surface area contributed by atoms with E-state index < -0.39 is 0 Å². The van der Waals surface area contributed by atoms with E-state index in [9.17, 15) is 0 Å². The van der Waals surface area contributed by atoms with E-state index in [2.05, 4.69) is 41.4 Å². The van der Waals surface area contributed by atoms with Crippen LogP contribution >= 0.6 is 24.8 Å². The van der Waals surface area contributed by atoms with Crippen LogP contribution in [-0.4, -0.2) is 17.0 Å². The quantitative estimate of drug-likeness (QED) is 0.427. The van der Waals surface area contributed by atoms with E-state index in [4.69, 9.17) is 9.97 Å². The average molecular weight is 413 g/mol. The van der Waals surface area contributed by atoms with Gasteiger partial charge in [-0.25, -0.2) is 4.98 Å². The van der Waals surface area contributed by atoms with Gasteiger partial charge in [-0.3, -0.25) is 0 Å². The molecule has 0 spiro atoms. The summed E-state index contributed by atoms with van der Waals surface area (Å²) in [4.78, 5) is 11.6. The molecule has 3 aromatic carbocycles. The number of nitrogens with zero attached hydrogens (tertiary/aromatic N) is 3. The van der Waals surface area contributed by atoms with Crippen molar-refractivity contribution in [1.82, 2.24) is 9.97 Å². The van der Waals surface area contributed by atoms with Crippen LogP contribution < -0.4 is 10.2 Å². The monoisotopic (exact) mass is 412 g/mol. The highest BCUT2D eigenvalue weighted by molar-refractivity contribution is 5.92. The van der Waals surface area contributed by atoms with E-state index in [1.54, 1.807) is 0 Å². The molecule has 0 aliphatic carbocycles. The van der Waals surface area contributed by atoms with Crippen molar-refractivity contribution in [1.29, 1.82) is 0 Å². The Bertz CT molecular complexity index is 1050. The predicted octanol–water partition coefficient (Wildman–Crippen LogP) is 6.29. The summed E-state index contributed by atoms with van der Waals surface area (Å²) in [7, 11) is 2.03. The highest BCUT2D eigenvalue weighted by Crippen LogP contribution is 2.30. The first-order valence-corrected chi connectivity index (χ1v) is 8.60. The van der Waals surface area contributed by atoms with Gasteiger partial charge in [0.25, 0.3) is 0 Å². The predicted molar refractivity (Wildman–Crippen MR) is 123 cm³/mol. The molecule has 144 valence electrons. The zero-order chi connectivity index (χ0) is 17.9. The van der Waals surface area contributed by atoms with Crippen LogP contribution in [-0.2, 0) is 0 Å². The SMILES string of the molecule is Cc1ccccc1Nc1nc(N(C)c2ccccc2)c2ccccc2n1.Cl.Cl. The third kappa shape index (κ3) is 4.35. The van der Waals surface area contributed by atoms with Gasteiger partial charge in [0.05, 0.1) is 5.52 Å². The number of aromatic nitrogens is 2. The summed E-state index contributed by atoms with van der Waals surface area (Å²) in [5, 5.41) is 4.38. The topological polar surface area (TPSA) is 41.1 Å². The summed E-state index contributed by atoms with van der Waals surface area (Å²) >= 11 is 0. The van der Waals surface area contributed by atoms with E-state index >= 15 is 0 Å². The van der Waals surface area contributed by atoms with Gasteiger partial charge in [0.2, 0.25) is 5.95 Å². The van der Waals surface area contributed by atoms with Gasteiger partial charge in [0.15, 0.2) is 0 Å². The van der Waals surface area contributed by atoms with Gasteiger partial charge < -0.3 is 10.2 Å². The lowest BCUT2D eigenvalue weighted by molar-refractivity contribution is 1.11. The van der Waals surface area contributed by atoms with Crippen LogP contribution in [0.1, 0.15) is 5.56 Å². The Balaban J connectivity index is 0.00000140. The molecule has 4 rings (SSSR count). The Hall–Kier alpha value is -2.82. The van der Waals surface area contributed by atoms with Crippen molar-refractivity contribution in [3.63, 3.8) is 0 Å². The molecule has 0 saturated carbocycles. The third-order valence-electron chi connectivity index (χ3n) is 4.44. The molecule has 0 unspecified atom stereocenters. The number of benzene rings is 3.